The third kappa shape index (κ3) is 5.35. The molecule has 0 aliphatic rings. The lowest BCUT2D eigenvalue weighted by atomic mass is 10.2. The summed E-state index contributed by atoms with van der Waals surface area (Å²) in [6.07, 6.45) is 0. The summed E-state index contributed by atoms with van der Waals surface area (Å²) in [4.78, 5) is 30.5. The summed E-state index contributed by atoms with van der Waals surface area (Å²) in [5.41, 5.74) is 0.260. The first-order valence-electron chi connectivity index (χ1n) is 8.01. The number of rotatable bonds is 9. The highest BCUT2D eigenvalue weighted by molar-refractivity contribution is 6.32. The summed E-state index contributed by atoms with van der Waals surface area (Å²) in [5.74, 6) is 0.204. The molecular formula is C17H21ClN4O5. The van der Waals surface area contributed by atoms with Crippen LogP contribution in [0.3, 0.4) is 0 Å². The standard InChI is InChI=1S/C17H21ClN4O5/c1-25-7-6-19-15(23)13-14(21-17(24)22-16(13)27-3)20-9-10-4-5-12(26-2)11(18)8-10/h4-5,8H,6-7,9H2,1-3H3,(H,19,23)(H2,20,21,22,24). The molecule has 0 fully saturated rings. The predicted octanol–water partition coefficient (Wildman–Crippen LogP) is 1.43. The Labute approximate surface area is 161 Å². The number of carbonyl (C=O) groups excluding carboxylic acids is 1. The number of methoxy groups -OCH3 is 3. The van der Waals surface area contributed by atoms with Crippen LogP contribution in [0.5, 0.6) is 11.6 Å². The minimum absolute atomic E-state index is 0.0141. The lowest BCUT2D eigenvalue weighted by molar-refractivity contribution is 0.0933. The van der Waals surface area contributed by atoms with E-state index in [2.05, 4.69) is 20.6 Å². The molecule has 1 amide bonds. The van der Waals surface area contributed by atoms with Crippen LogP contribution >= 0.6 is 11.6 Å². The molecule has 1 aromatic carbocycles. The van der Waals surface area contributed by atoms with E-state index in [9.17, 15) is 9.59 Å². The van der Waals surface area contributed by atoms with Crippen molar-refractivity contribution in [2.45, 2.75) is 6.54 Å². The van der Waals surface area contributed by atoms with Crippen LogP contribution in [0.15, 0.2) is 23.0 Å². The molecule has 27 heavy (non-hydrogen) atoms. The molecule has 2 aromatic rings. The summed E-state index contributed by atoms with van der Waals surface area (Å²) in [5, 5.41) is 6.10. The zero-order valence-corrected chi connectivity index (χ0v) is 16.0. The molecule has 10 heteroatoms. The molecule has 0 aliphatic carbocycles. The first-order chi connectivity index (χ1) is 13.0. The van der Waals surface area contributed by atoms with E-state index >= 15 is 0 Å². The monoisotopic (exact) mass is 396 g/mol. The highest BCUT2D eigenvalue weighted by Crippen LogP contribution is 2.26. The van der Waals surface area contributed by atoms with Crippen molar-refractivity contribution in [3.05, 3.63) is 44.8 Å². The van der Waals surface area contributed by atoms with Gasteiger partial charge in [0, 0.05) is 20.2 Å². The number of H-pyrrole nitrogens is 1. The van der Waals surface area contributed by atoms with Gasteiger partial charge >= 0.3 is 5.69 Å². The molecular weight excluding hydrogens is 376 g/mol. The van der Waals surface area contributed by atoms with E-state index in [1.165, 1.54) is 21.3 Å². The Balaban J connectivity index is 2.26. The van der Waals surface area contributed by atoms with Gasteiger partial charge < -0.3 is 24.8 Å². The molecule has 0 bridgehead atoms. The molecule has 0 saturated heterocycles. The number of benzene rings is 1. The molecule has 1 aromatic heterocycles. The summed E-state index contributed by atoms with van der Waals surface area (Å²) in [7, 11) is 4.41. The van der Waals surface area contributed by atoms with E-state index in [1.54, 1.807) is 18.2 Å². The molecule has 9 nitrogen and oxygen atoms in total. The maximum absolute atomic E-state index is 12.5. The fourth-order valence-corrected chi connectivity index (χ4v) is 2.59. The third-order valence-corrected chi connectivity index (χ3v) is 3.89. The number of carbonyl (C=O) groups is 1. The van der Waals surface area contributed by atoms with E-state index in [-0.39, 0.29) is 23.8 Å². The molecule has 0 radical (unpaired) electrons. The summed E-state index contributed by atoms with van der Waals surface area (Å²) in [6, 6.07) is 5.25. The minimum Gasteiger partial charge on any atom is -0.495 e. The van der Waals surface area contributed by atoms with Crippen molar-refractivity contribution in [2.75, 3.05) is 39.8 Å². The number of aromatic nitrogens is 2. The highest BCUT2D eigenvalue weighted by atomic mass is 35.5. The average Bonchev–Trinajstić information content (AvgIpc) is 2.65. The number of ether oxygens (including phenoxy) is 3. The lowest BCUT2D eigenvalue weighted by Gasteiger charge is -2.14. The van der Waals surface area contributed by atoms with Gasteiger partial charge in [-0.1, -0.05) is 17.7 Å². The smallest absolute Gasteiger partial charge is 0.349 e. The molecule has 0 unspecified atom stereocenters. The van der Waals surface area contributed by atoms with Crippen molar-refractivity contribution < 1.29 is 19.0 Å². The van der Waals surface area contributed by atoms with Crippen molar-refractivity contribution >= 4 is 23.3 Å². The fourth-order valence-electron chi connectivity index (χ4n) is 2.30. The maximum atomic E-state index is 12.5. The number of hydrogen-bond acceptors (Lipinski definition) is 7. The topological polar surface area (TPSA) is 115 Å². The Morgan fingerprint density at radius 3 is 2.67 bits per heavy atom. The van der Waals surface area contributed by atoms with Crippen molar-refractivity contribution in [1.82, 2.24) is 15.3 Å². The number of amides is 1. The predicted molar refractivity (Wildman–Crippen MR) is 101 cm³/mol. The van der Waals surface area contributed by atoms with Gasteiger partial charge in [-0.3, -0.25) is 9.78 Å². The van der Waals surface area contributed by atoms with E-state index in [0.717, 1.165) is 5.56 Å². The van der Waals surface area contributed by atoms with Crippen LogP contribution in [0.1, 0.15) is 15.9 Å². The van der Waals surface area contributed by atoms with Crippen molar-refractivity contribution in [1.29, 1.82) is 0 Å². The van der Waals surface area contributed by atoms with Gasteiger partial charge in [0.05, 0.1) is 25.8 Å². The molecule has 3 N–H and O–H groups in total. The maximum Gasteiger partial charge on any atom is 0.349 e. The SMILES string of the molecule is COCCNC(=O)c1c(NCc2ccc(OC)c(Cl)c2)nc(=O)[nH]c1OC. The molecule has 0 spiro atoms. The second-order valence-electron chi connectivity index (χ2n) is 5.37. The Morgan fingerprint density at radius 1 is 1.26 bits per heavy atom. The largest absolute Gasteiger partial charge is 0.495 e. The zero-order valence-electron chi connectivity index (χ0n) is 15.2. The third-order valence-electron chi connectivity index (χ3n) is 3.60. The van der Waals surface area contributed by atoms with Crippen LogP contribution in [-0.4, -0.2) is 50.4 Å². The van der Waals surface area contributed by atoms with Gasteiger partial charge in [0.1, 0.15) is 17.1 Å². The van der Waals surface area contributed by atoms with Crippen molar-refractivity contribution in [3.63, 3.8) is 0 Å². The normalized spacial score (nSPS) is 10.4. The van der Waals surface area contributed by atoms with Gasteiger partial charge in [-0.05, 0) is 17.7 Å². The average molecular weight is 397 g/mol. The van der Waals surface area contributed by atoms with Crippen LogP contribution in [-0.2, 0) is 11.3 Å². The molecule has 0 atom stereocenters. The summed E-state index contributed by atoms with van der Waals surface area (Å²) >= 11 is 6.12. The van der Waals surface area contributed by atoms with Crippen LogP contribution in [0.25, 0.3) is 0 Å². The second kappa shape index (κ2) is 9.79. The lowest BCUT2D eigenvalue weighted by Crippen LogP contribution is -2.30. The van der Waals surface area contributed by atoms with Gasteiger partial charge in [-0.2, -0.15) is 4.98 Å². The van der Waals surface area contributed by atoms with Gasteiger partial charge in [-0.25, -0.2) is 4.79 Å². The molecule has 146 valence electrons. The van der Waals surface area contributed by atoms with Gasteiger partial charge in [0.15, 0.2) is 0 Å². The zero-order chi connectivity index (χ0) is 19.8. The molecule has 0 aliphatic heterocycles. The first-order valence-corrected chi connectivity index (χ1v) is 8.39. The number of hydrogen-bond donors (Lipinski definition) is 3. The van der Waals surface area contributed by atoms with E-state index in [1.807, 2.05) is 0 Å². The Kier molecular flexibility index (Phi) is 7.44. The minimum atomic E-state index is -0.643. The highest BCUT2D eigenvalue weighted by Gasteiger charge is 2.20. The fraction of sp³-hybridized carbons (Fsp3) is 0.353. The number of aromatic amines is 1. The van der Waals surface area contributed by atoms with Crippen LogP contribution in [0.2, 0.25) is 5.02 Å². The van der Waals surface area contributed by atoms with Crippen LogP contribution in [0.4, 0.5) is 5.82 Å². The quantitative estimate of drug-likeness (QED) is 0.549. The van der Waals surface area contributed by atoms with Gasteiger partial charge in [-0.15, -0.1) is 0 Å². The second-order valence-corrected chi connectivity index (χ2v) is 5.78. The Hall–Kier alpha value is -2.78. The summed E-state index contributed by atoms with van der Waals surface area (Å²) < 4.78 is 15.2. The molecule has 1 heterocycles. The Bertz CT molecular complexity index is 856. The van der Waals surface area contributed by atoms with Crippen LogP contribution in [0, 0.1) is 0 Å². The van der Waals surface area contributed by atoms with Crippen LogP contribution < -0.4 is 25.8 Å². The number of nitrogens with zero attached hydrogens (tertiary/aromatic N) is 1. The van der Waals surface area contributed by atoms with Crippen molar-refractivity contribution in [3.8, 4) is 11.6 Å². The summed E-state index contributed by atoms with van der Waals surface area (Å²) in [6.45, 7) is 0.921. The number of halogens is 1. The van der Waals surface area contributed by atoms with Crippen molar-refractivity contribution in [2.24, 2.45) is 0 Å². The molecule has 2 rings (SSSR count). The Morgan fingerprint density at radius 2 is 2.04 bits per heavy atom. The first kappa shape index (κ1) is 20.5. The number of nitrogens with one attached hydrogen (secondary N) is 3. The molecule has 0 saturated carbocycles. The van der Waals surface area contributed by atoms with Gasteiger partial charge in [0.25, 0.3) is 5.91 Å². The number of anilines is 1. The van der Waals surface area contributed by atoms with E-state index in [0.29, 0.717) is 23.9 Å². The van der Waals surface area contributed by atoms with Gasteiger partial charge in [0.2, 0.25) is 5.88 Å². The van der Waals surface area contributed by atoms with E-state index in [4.69, 9.17) is 25.8 Å². The van der Waals surface area contributed by atoms with E-state index < -0.39 is 11.6 Å².